The first-order valence-corrected chi connectivity index (χ1v) is 9.11. The number of fused-ring (bicyclic) bond motifs is 1. The van der Waals surface area contributed by atoms with Crippen molar-refractivity contribution in [3.05, 3.63) is 30.1 Å². The molecule has 0 unspecified atom stereocenters. The molecule has 0 radical (unpaired) electrons. The Bertz CT molecular complexity index is 998. The van der Waals surface area contributed by atoms with Crippen molar-refractivity contribution in [2.75, 3.05) is 43.1 Å². The van der Waals surface area contributed by atoms with Crippen LogP contribution in [0.5, 0.6) is 0 Å². The summed E-state index contributed by atoms with van der Waals surface area (Å²) in [7, 11) is 0. The Morgan fingerprint density at radius 1 is 1.14 bits per heavy atom. The smallest absolute Gasteiger partial charge is 0.305 e. The molecule has 1 saturated heterocycles. The minimum absolute atomic E-state index is 0.0268. The minimum atomic E-state index is -0.883. The van der Waals surface area contributed by atoms with Crippen molar-refractivity contribution in [2.45, 2.75) is 13.3 Å². The fraction of sp³-hybridized carbons (Fsp3) is 0.389. The molecule has 10 nitrogen and oxygen atoms in total. The number of aromatic nitrogens is 5. The topological polar surface area (TPSA) is 118 Å². The Morgan fingerprint density at radius 2 is 1.89 bits per heavy atom. The molecule has 0 spiro atoms. The maximum absolute atomic E-state index is 10.8. The largest absolute Gasteiger partial charge is 0.481 e. The molecule has 1 fully saturated rings. The Labute approximate surface area is 161 Å². The van der Waals surface area contributed by atoms with E-state index in [1.807, 2.05) is 40.7 Å². The number of nitrogens with zero attached hydrogens (tertiary/aromatic N) is 6. The maximum Gasteiger partial charge on any atom is 0.305 e. The Morgan fingerprint density at radius 3 is 2.68 bits per heavy atom. The number of carbonyl (C=O) groups is 1. The van der Waals surface area contributed by atoms with Crippen molar-refractivity contribution in [1.29, 1.82) is 0 Å². The zero-order chi connectivity index (χ0) is 19.5. The lowest BCUT2D eigenvalue weighted by Gasteiger charge is -2.27. The number of aliphatic carboxylic acids is 1. The van der Waals surface area contributed by atoms with Crippen molar-refractivity contribution in [3.8, 4) is 5.95 Å². The first-order valence-electron chi connectivity index (χ1n) is 9.11. The van der Waals surface area contributed by atoms with Gasteiger partial charge >= 0.3 is 5.97 Å². The van der Waals surface area contributed by atoms with Crippen LogP contribution in [-0.4, -0.2) is 68.4 Å². The van der Waals surface area contributed by atoms with Crippen LogP contribution in [0.15, 0.2) is 24.3 Å². The first-order chi connectivity index (χ1) is 13.6. The van der Waals surface area contributed by atoms with Crippen LogP contribution in [-0.2, 0) is 9.53 Å². The Hall–Kier alpha value is -3.27. The molecule has 2 aromatic heterocycles. The molecular weight excluding hydrogens is 362 g/mol. The number of para-hydroxylation sites is 2. The fourth-order valence-corrected chi connectivity index (χ4v) is 3.12. The molecule has 1 aliphatic heterocycles. The van der Waals surface area contributed by atoms with Crippen LogP contribution in [0.4, 0.5) is 11.9 Å². The second kappa shape index (κ2) is 7.77. The van der Waals surface area contributed by atoms with E-state index in [2.05, 4.69) is 25.3 Å². The van der Waals surface area contributed by atoms with E-state index >= 15 is 0 Å². The maximum atomic E-state index is 10.8. The highest BCUT2D eigenvalue weighted by Crippen LogP contribution is 2.21. The van der Waals surface area contributed by atoms with Gasteiger partial charge < -0.3 is 20.1 Å². The summed E-state index contributed by atoms with van der Waals surface area (Å²) in [5.74, 6) is 1.19. The van der Waals surface area contributed by atoms with Crippen molar-refractivity contribution in [2.24, 2.45) is 0 Å². The van der Waals surface area contributed by atoms with Gasteiger partial charge in [0.25, 0.3) is 0 Å². The molecule has 146 valence electrons. The normalized spacial score (nSPS) is 14.4. The first kappa shape index (κ1) is 18.1. The molecule has 0 amide bonds. The summed E-state index contributed by atoms with van der Waals surface area (Å²) in [5.41, 5.74) is 1.75. The molecule has 28 heavy (non-hydrogen) atoms. The zero-order valence-electron chi connectivity index (χ0n) is 15.5. The summed E-state index contributed by atoms with van der Waals surface area (Å²) in [6.07, 6.45) is -0.0268. The summed E-state index contributed by atoms with van der Waals surface area (Å²) in [5, 5.41) is 11.9. The molecular formula is C18H21N7O3. The summed E-state index contributed by atoms with van der Waals surface area (Å²) in [4.78, 5) is 31.1. The highest BCUT2D eigenvalue weighted by Gasteiger charge is 2.19. The zero-order valence-corrected chi connectivity index (χ0v) is 15.5. The van der Waals surface area contributed by atoms with E-state index in [4.69, 9.17) is 9.84 Å². The van der Waals surface area contributed by atoms with Crippen LogP contribution in [0.2, 0.25) is 0 Å². The van der Waals surface area contributed by atoms with Crippen molar-refractivity contribution < 1.29 is 14.6 Å². The molecule has 1 aromatic carbocycles. The van der Waals surface area contributed by atoms with Crippen molar-refractivity contribution in [3.63, 3.8) is 0 Å². The Balaban J connectivity index is 1.76. The number of morpholine rings is 1. The van der Waals surface area contributed by atoms with Gasteiger partial charge in [-0.25, -0.2) is 4.98 Å². The quantitative estimate of drug-likeness (QED) is 0.648. The fourth-order valence-electron chi connectivity index (χ4n) is 3.12. The summed E-state index contributed by atoms with van der Waals surface area (Å²) < 4.78 is 7.29. The van der Waals surface area contributed by atoms with Crippen LogP contribution in [0, 0.1) is 6.92 Å². The van der Waals surface area contributed by atoms with Crippen LogP contribution in [0.25, 0.3) is 17.0 Å². The summed E-state index contributed by atoms with van der Waals surface area (Å²) in [6, 6.07) is 7.78. The van der Waals surface area contributed by atoms with E-state index in [0.29, 0.717) is 44.1 Å². The van der Waals surface area contributed by atoms with Crippen LogP contribution in [0.3, 0.4) is 0 Å². The van der Waals surface area contributed by atoms with Crippen molar-refractivity contribution >= 4 is 28.9 Å². The van der Waals surface area contributed by atoms with Gasteiger partial charge in [0, 0.05) is 19.6 Å². The lowest BCUT2D eigenvalue weighted by molar-refractivity contribution is -0.136. The molecule has 3 heterocycles. The number of carboxylic acids is 1. The van der Waals surface area contributed by atoms with Gasteiger partial charge in [0.15, 0.2) is 0 Å². The second-order valence-electron chi connectivity index (χ2n) is 6.41. The predicted molar refractivity (Wildman–Crippen MR) is 103 cm³/mol. The minimum Gasteiger partial charge on any atom is -0.481 e. The third-order valence-corrected chi connectivity index (χ3v) is 4.46. The molecule has 10 heteroatoms. The van der Waals surface area contributed by atoms with Gasteiger partial charge in [0.2, 0.25) is 17.8 Å². The SMILES string of the molecule is Cc1nc2ccccc2n1-c1nc(NCCC(=O)O)nc(N2CCOCC2)n1. The molecule has 4 rings (SSSR count). The van der Waals surface area contributed by atoms with Crippen LogP contribution in [0.1, 0.15) is 12.2 Å². The second-order valence-corrected chi connectivity index (χ2v) is 6.41. The van der Waals surface area contributed by atoms with Gasteiger partial charge in [0.1, 0.15) is 5.82 Å². The molecule has 0 aliphatic carbocycles. The summed E-state index contributed by atoms with van der Waals surface area (Å²) >= 11 is 0. The van der Waals surface area contributed by atoms with E-state index in [1.165, 1.54) is 0 Å². The van der Waals surface area contributed by atoms with Gasteiger partial charge in [-0.1, -0.05) is 12.1 Å². The monoisotopic (exact) mass is 383 g/mol. The average molecular weight is 383 g/mol. The van der Waals surface area contributed by atoms with Gasteiger partial charge in [-0.05, 0) is 19.1 Å². The molecule has 1 aliphatic rings. The van der Waals surface area contributed by atoms with Gasteiger partial charge in [-0.2, -0.15) is 15.0 Å². The number of anilines is 2. The molecule has 0 atom stereocenters. The number of imidazole rings is 1. The number of aryl methyl sites for hydroxylation is 1. The van der Waals surface area contributed by atoms with Crippen LogP contribution < -0.4 is 10.2 Å². The number of hydrogen-bond donors (Lipinski definition) is 2. The van der Waals surface area contributed by atoms with Gasteiger partial charge in [-0.15, -0.1) is 0 Å². The Kier molecular flexibility index (Phi) is 5.02. The standard InChI is InChI=1S/C18H21N7O3/c1-12-20-13-4-2-3-5-14(13)25(12)18-22-16(19-7-6-15(26)27)21-17(23-18)24-8-10-28-11-9-24/h2-5H,6-11H2,1H3,(H,26,27)(H,19,21,22,23). The molecule has 0 bridgehead atoms. The molecule has 0 saturated carbocycles. The third kappa shape index (κ3) is 3.72. The number of rotatable bonds is 6. The van der Waals surface area contributed by atoms with Gasteiger partial charge in [-0.3, -0.25) is 9.36 Å². The summed E-state index contributed by atoms with van der Waals surface area (Å²) in [6.45, 7) is 4.70. The number of benzene rings is 1. The van der Waals surface area contributed by atoms with E-state index in [0.717, 1.165) is 16.9 Å². The highest BCUT2D eigenvalue weighted by atomic mass is 16.5. The third-order valence-electron chi connectivity index (χ3n) is 4.46. The van der Waals surface area contributed by atoms with E-state index in [9.17, 15) is 4.79 Å². The number of carboxylic acid groups (broad SMARTS) is 1. The van der Waals surface area contributed by atoms with E-state index < -0.39 is 5.97 Å². The lowest BCUT2D eigenvalue weighted by atomic mass is 10.3. The number of nitrogens with one attached hydrogen (secondary N) is 1. The number of hydrogen-bond acceptors (Lipinski definition) is 8. The molecule has 3 aromatic rings. The van der Waals surface area contributed by atoms with Crippen molar-refractivity contribution in [1.82, 2.24) is 24.5 Å². The highest BCUT2D eigenvalue weighted by molar-refractivity contribution is 5.77. The molecule has 2 N–H and O–H groups in total. The van der Waals surface area contributed by atoms with Gasteiger partial charge in [0.05, 0.1) is 30.7 Å². The lowest BCUT2D eigenvalue weighted by Crippen LogP contribution is -2.37. The average Bonchev–Trinajstić information content (AvgIpc) is 3.04. The predicted octanol–water partition coefficient (Wildman–Crippen LogP) is 1.24. The van der Waals surface area contributed by atoms with E-state index in [-0.39, 0.29) is 13.0 Å². The van der Waals surface area contributed by atoms with Crippen LogP contribution >= 0.6 is 0 Å². The van der Waals surface area contributed by atoms with E-state index in [1.54, 1.807) is 0 Å². The number of ether oxygens (including phenoxy) is 1.